The molecule has 154 valence electrons. The molecule has 1 aliphatic rings. The first kappa shape index (κ1) is 20.4. The van der Waals surface area contributed by atoms with Gasteiger partial charge in [-0.1, -0.05) is 54.1 Å². The third-order valence-corrected chi connectivity index (χ3v) is 5.63. The van der Waals surface area contributed by atoms with Crippen LogP contribution in [0.2, 0.25) is 0 Å². The van der Waals surface area contributed by atoms with Crippen LogP contribution in [0.3, 0.4) is 0 Å². The van der Waals surface area contributed by atoms with Crippen molar-refractivity contribution in [2.75, 3.05) is 25.0 Å². The predicted octanol–water partition coefficient (Wildman–Crippen LogP) is 5.01. The number of hydrogen-bond acceptors (Lipinski definition) is 3. The van der Waals surface area contributed by atoms with E-state index in [4.69, 9.17) is 11.6 Å². The maximum absolute atomic E-state index is 12.7. The van der Waals surface area contributed by atoms with Crippen LogP contribution in [0.5, 0.6) is 0 Å². The summed E-state index contributed by atoms with van der Waals surface area (Å²) in [6, 6.07) is 19.8. The molecule has 1 fully saturated rings. The molecule has 2 heterocycles. The van der Waals surface area contributed by atoms with E-state index >= 15 is 0 Å². The molecule has 4 rings (SSSR count). The molecule has 0 aliphatic carbocycles. The van der Waals surface area contributed by atoms with Gasteiger partial charge in [0, 0.05) is 34.9 Å². The summed E-state index contributed by atoms with van der Waals surface area (Å²) < 4.78 is 0. The van der Waals surface area contributed by atoms with Crippen LogP contribution in [0.25, 0.3) is 17.3 Å². The van der Waals surface area contributed by atoms with Crippen molar-refractivity contribution in [3.63, 3.8) is 0 Å². The number of halogens is 1. The fourth-order valence-electron chi connectivity index (χ4n) is 3.77. The Morgan fingerprint density at radius 3 is 2.67 bits per heavy atom. The van der Waals surface area contributed by atoms with Crippen molar-refractivity contribution in [1.29, 1.82) is 0 Å². The molecule has 2 aromatic carbocycles. The molecular formula is C24H25ClN4O. The SMILES string of the molecule is O=C(Nc1cccc(-c2ccn[nH]2)c1)C1CCN(CC(Cl)=Cc2ccccc2)CC1. The molecule has 0 radical (unpaired) electrons. The van der Waals surface area contributed by atoms with E-state index in [-0.39, 0.29) is 11.8 Å². The molecule has 1 aliphatic heterocycles. The van der Waals surface area contributed by atoms with Gasteiger partial charge in [-0.2, -0.15) is 5.10 Å². The summed E-state index contributed by atoms with van der Waals surface area (Å²) in [6.45, 7) is 2.45. The van der Waals surface area contributed by atoms with Gasteiger partial charge in [-0.15, -0.1) is 0 Å². The van der Waals surface area contributed by atoms with Crippen molar-refractivity contribution in [3.05, 3.63) is 77.5 Å². The third-order valence-electron chi connectivity index (χ3n) is 5.40. The van der Waals surface area contributed by atoms with E-state index < -0.39 is 0 Å². The third kappa shape index (κ3) is 5.38. The molecule has 3 aromatic rings. The molecule has 2 N–H and O–H groups in total. The molecule has 0 atom stereocenters. The van der Waals surface area contributed by atoms with E-state index in [9.17, 15) is 4.79 Å². The lowest BCUT2D eigenvalue weighted by molar-refractivity contribution is -0.121. The molecule has 6 heteroatoms. The lowest BCUT2D eigenvalue weighted by atomic mass is 9.95. The van der Waals surface area contributed by atoms with Crippen molar-refractivity contribution in [1.82, 2.24) is 15.1 Å². The summed E-state index contributed by atoms with van der Waals surface area (Å²) in [7, 11) is 0. The molecule has 0 unspecified atom stereocenters. The van der Waals surface area contributed by atoms with E-state index in [0.717, 1.165) is 60.0 Å². The topological polar surface area (TPSA) is 61.0 Å². The Kier molecular flexibility index (Phi) is 6.62. The van der Waals surface area contributed by atoms with Gasteiger partial charge in [-0.05, 0) is 55.8 Å². The Labute approximate surface area is 181 Å². The number of likely N-dealkylation sites (tertiary alicyclic amines) is 1. The van der Waals surface area contributed by atoms with Crippen LogP contribution in [0.1, 0.15) is 18.4 Å². The highest BCUT2D eigenvalue weighted by atomic mass is 35.5. The number of benzene rings is 2. The van der Waals surface area contributed by atoms with Crippen LogP contribution >= 0.6 is 11.6 Å². The first-order valence-corrected chi connectivity index (χ1v) is 10.6. The highest BCUT2D eigenvalue weighted by molar-refractivity contribution is 6.31. The number of aromatic nitrogens is 2. The van der Waals surface area contributed by atoms with Gasteiger partial charge in [-0.25, -0.2) is 0 Å². The summed E-state index contributed by atoms with van der Waals surface area (Å²) in [5.41, 5.74) is 3.84. The second-order valence-corrected chi connectivity index (χ2v) is 8.08. The van der Waals surface area contributed by atoms with Gasteiger partial charge in [0.15, 0.2) is 0 Å². The van der Waals surface area contributed by atoms with E-state index in [1.165, 1.54) is 0 Å². The Morgan fingerprint density at radius 1 is 1.13 bits per heavy atom. The summed E-state index contributed by atoms with van der Waals surface area (Å²) in [4.78, 5) is 15.1. The number of piperidine rings is 1. The minimum Gasteiger partial charge on any atom is -0.326 e. The Hall–Kier alpha value is -2.89. The molecule has 30 heavy (non-hydrogen) atoms. The first-order chi connectivity index (χ1) is 14.7. The van der Waals surface area contributed by atoms with Gasteiger partial charge in [0.2, 0.25) is 5.91 Å². The largest absolute Gasteiger partial charge is 0.326 e. The number of carbonyl (C=O) groups excluding carboxylic acids is 1. The fourth-order valence-corrected chi connectivity index (χ4v) is 4.06. The van der Waals surface area contributed by atoms with Gasteiger partial charge in [0.25, 0.3) is 0 Å². The molecule has 1 saturated heterocycles. The van der Waals surface area contributed by atoms with Gasteiger partial charge in [-0.3, -0.25) is 14.8 Å². The Balaban J connectivity index is 1.28. The molecule has 0 saturated carbocycles. The fraction of sp³-hybridized carbons (Fsp3) is 0.250. The maximum Gasteiger partial charge on any atom is 0.227 e. The van der Waals surface area contributed by atoms with Crippen LogP contribution in [0.4, 0.5) is 5.69 Å². The van der Waals surface area contributed by atoms with Gasteiger partial charge < -0.3 is 5.32 Å². The number of carbonyl (C=O) groups is 1. The molecule has 1 aromatic heterocycles. The number of H-pyrrole nitrogens is 1. The summed E-state index contributed by atoms with van der Waals surface area (Å²) in [5.74, 6) is 0.108. The second-order valence-electron chi connectivity index (χ2n) is 7.59. The molecule has 1 amide bonds. The van der Waals surface area contributed by atoms with E-state index in [1.807, 2.05) is 66.7 Å². The molecule has 0 spiro atoms. The average Bonchev–Trinajstić information content (AvgIpc) is 3.30. The number of nitrogens with zero attached hydrogens (tertiary/aromatic N) is 2. The van der Waals surface area contributed by atoms with E-state index in [0.29, 0.717) is 0 Å². The van der Waals surface area contributed by atoms with Gasteiger partial charge >= 0.3 is 0 Å². The number of nitrogens with one attached hydrogen (secondary N) is 2. The summed E-state index contributed by atoms with van der Waals surface area (Å²) in [5, 5.41) is 10.8. The normalized spacial score (nSPS) is 15.8. The zero-order valence-electron chi connectivity index (χ0n) is 16.7. The van der Waals surface area contributed by atoms with Crippen LogP contribution in [0, 0.1) is 5.92 Å². The maximum atomic E-state index is 12.7. The number of anilines is 1. The van der Waals surface area contributed by atoms with Crippen LogP contribution in [-0.2, 0) is 4.79 Å². The van der Waals surface area contributed by atoms with Crippen molar-refractivity contribution >= 4 is 29.3 Å². The Bertz CT molecular complexity index is 993. The summed E-state index contributed by atoms with van der Waals surface area (Å²) in [6.07, 6.45) is 5.39. The molecule has 5 nitrogen and oxygen atoms in total. The van der Waals surface area contributed by atoms with Gasteiger partial charge in [0.1, 0.15) is 0 Å². The van der Waals surface area contributed by atoms with Gasteiger partial charge in [0.05, 0.1) is 5.69 Å². The average molecular weight is 421 g/mol. The highest BCUT2D eigenvalue weighted by Gasteiger charge is 2.25. The van der Waals surface area contributed by atoms with E-state index in [1.54, 1.807) is 6.20 Å². The number of hydrogen-bond donors (Lipinski definition) is 2. The lowest BCUT2D eigenvalue weighted by Crippen LogP contribution is -2.38. The zero-order valence-corrected chi connectivity index (χ0v) is 17.5. The first-order valence-electron chi connectivity index (χ1n) is 10.2. The van der Waals surface area contributed by atoms with Crippen LogP contribution in [0.15, 0.2) is 71.9 Å². The molecule has 0 bridgehead atoms. The van der Waals surface area contributed by atoms with Crippen molar-refractivity contribution in [2.24, 2.45) is 5.92 Å². The predicted molar refractivity (Wildman–Crippen MR) is 122 cm³/mol. The number of aromatic amines is 1. The lowest BCUT2D eigenvalue weighted by Gasteiger charge is -2.31. The number of rotatable bonds is 6. The standard InChI is InChI=1S/C24H25ClN4O/c25-21(15-18-5-2-1-3-6-18)17-29-13-10-19(11-14-29)24(30)27-22-8-4-7-20(16-22)23-9-12-26-28-23/h1-9,12,15-16,19H,10-11,13-14,17H2,(H,26,28)(H,27,30). The van der Waals surface area contributed by atoms with Crippen LogP contribution < -0.4 is 5.32 Å². The quantitative estimate of drug-likeness (QED) is 0.589. The number of amides is 1. The minimum absolute atomic E-state index is 0.0222. The second kappa shape index (κ2) is 9.74. The van der Waals surface area contributed by atoms with Crippen molar-refractivity contribution in [2.45, 2.75) is 12.8 Å². The van der Waals surface area contributed by atoms with E-state index in [2.05, 4.69) is 20.4 Å². The summed E-state index contributed by atoms with van der Waals surface area (Å²) >= 11 is 6.45. The Morgan fingerprint density at radius 2 is 1.93 bits per heavy atom. The minimum atomic E-state index is 0.0222. The van der Waals surface area contributed by atoms with Crippen molar-refractivity contribution in [3.8, 4) is 11.3 Å². The molecular weight excluding hydrogens is 396 g/mol. The smallest absolute Gasteiger partial charge is 0.227 e. The van der Waals surface area contributed by atoms with Crippen molar-refractivity contribution < 1.29 is 4.79 Å². The van der Waals surface area contributed by atoms with Crippen LogP contribution in [-0.4, -0.2) is 40.6 Å². The zero-order chi connectivity index (χ0) is 20.8. The monoisotopic (exact) mass is 420 g/mol. The highest BCUT2D eigenvalue weighted by Crippen LogP contribution is 2.24.